The van der Waals surface area contributed by atoms with Crippen molar-refractivity contribution in [3.8, 4) is 11.1 Å². The number of carboxylic acid groups (broad SMARTS) is 1. The van der Waals surface area contributed by atoms with Gasteiger partial charge in [-0.25, -0.2) is 24.1 Å². The molecule has 1 saturated heterocycles. The topological polar surface area (TPSA) is 160 Å². The first-order valence-corrected chi connectivity index (χ1v) is 12.4. The lowest BCUT2D eigenvalue weighted by Gasteiger charge is -2.24. The van der Waals surface area contributed by atoms with Gasteiger partial charge in [0.1, 0.15) is 30.3 Å². The molecule has 0 radical (unpaired) electrons. The van der Waals surface area contributed by atoms with Gasteiger partial charge in [-0.2, -0.15) is 5.10 Å². The molecule has 4 heterocycles. The van der Waals surface area contributed by atoms with Crippen LogP contribution in [-0.2, 0) is 16.1 Å². The lowest BCUT2D eigenvalue weighted by atomic mass is 10.0. The molecule has 0 saturated carbocycles. The highest BCUT2D eigenvalue weighted by Gasteiger charge is 2.40. The zero-order valence-corrected chi connectivity index (χ0v) is 21.5. The van der Waals surface area contributed by atoms with Crippen LogP contribution in [0.5, 0.6) is 0 Å². The molecule has 2 atom stereocenters. The zero-order valence-electron chi connectivity index (χ0n) is 21.5. The molecule has 1 aromatic carbocycles. The standard InChI is InChI=1S/C27H24FN7O5/c1-14(36)24-19-8-16(17-10-30-15(2)31-11-17)5-6-21(19)35(33-24)13-23(37)34-12-18(28)9-22(34)26(38)32-20-4-3-7-29-25(20)27(39)40/h3-8,10-11,18,22H,9,12-13H2,1-2H3,(H,32,38)(H,39,40)/t18-,22+/m1/s1. The summed E-state index contributed by atoms with van der Waals surface area (Å²) >= 11 is 0. The number of nitrogens with one attached hydrogen (secondary N) is 1. The number of fused-ring (bicyclic) bond motifs is 1. The number of carbonyl (C=O) groups is 4. The molecule has 204 valence electrons. The second-order valence-electron chi connectivity index (χ2n) is 9.40. The van der Waals surface area contributed by atoms with E-state index in [9.17, 15) is 28.7 Å². The Morgan fingerprint density at radius 1 is 1.07 bits per heavy atom. The van der Waals surface area contributed by atoms with Crippen LogP contribution in [0, 0.1) is 6.92 Å². The summed E-state index contributed by atoms with van der Waals surface area (Å²) in [5.41, 5.74) is 1.73. The maximum Gasteiger partial charge on any atom is 0.356 e. The largest absolute Gasteiger partial charge is 0.476 e. The van der Waals surface area contributed by atoms with Crippen molar-refractivity contribution in [2.24, 2.45) is 0 Å². The van der Waals surface area contributed by atoms with Crippen LogP contribution in [0.4, 0.5) is 10.1 Å². The fourth-order valence-corrected chi connectivity index (χ4v) is 4.70. The van der Waals surface area contributed by atoms with Crippen LogP contribution in [0.15, 0.2) is 48.9 Å². The molecule has 0 bridgehead atoms. The van der Waals surface area contributed by atoms with Gasteiger partial charge in [0.25, 0.3) is 0 Å². The highest BCUT2D eigenvalue weighted by atomic mass is 19.1. The van der Waals surface area contributed by atoms with E-state index in [1.165, 1.54) is 29.9 Å². The number of pyridine rings is 1. The van der Waals surface area contributed by atoms with Crippen molar-refractivity contribution in [1.82, 2.24) is 29.6 Å². The Kier molecular flexibility index (Phi) is 7.03. The molecule has 3 aromatic heterocycles. The number of halogens is 1. The molecule has 2 N–H and O–H groups in total. The predicted molar refractivity (Wildman–Crippen MR) is 140 cm³/mol. The lowest BCUT2D eigenvalue weighted by Crippen LogP contribution is -2.44. The first kappa shape index (κ1) is 26.5. The van der Waals surface area contributed by atoms with Gasteiger partial charge in [0.2, 0.25) is 11.8 Å². The summed E-state index contributed by atoms with van der Waals surface area (Å²) in [6.07, 6.45) is 2.90. The number of benzene rings is 1. The number of hydrogen-bond acceptors (Lipinski definition) is 8. The molecule has 5 rings (SSSR count). The van der Waals surface area contributed by atoms with Gasteiger partial charge in [0, 0.05) is 42.9 Å². The molecule has 2 amide bonds. The van der Waals surface area contributed by atoms with Crippen molar-refractivity contribution in [3.05, 3.63) is 66.1 Å². The minimum atomic E-state index is -1.45. The van der Waals surface area contributed by atoms with Crippen molar-refractivity contribution in [1.29, 1.82) is 0 Å². The van der Waals surface area contributed by atoms with Gasteiger partial charge in [-0.15, -0.1) is 0 Å². The number of likely N-dealkylation sites (tertiary alicyclic amines) is 1. The van der Waals surface area contributed by atoms with Gasteiger partial charge >= 0.3 is 5.97 Å². The van der Waals surface area contributed by atoms with Crippen LogP contribution in [0.3, 0.4) is 0 Å². The third-order valence-electron chi connectivity index (χ3n) is 6.62. The van der Waals surface area contributed by atoms with E-state index in [-0.39, 0.29) is 42.4 Å². The minimum Gasteiger partial charge on any atom is -0.476 e. The van der Waals surface area contributed by atoms with Gasteiger partial charge in [0.15, 0.2) is 11.5 Å². The van der Waals surface area contributed by atoms with Gasteiger partial charge in [-0.05, 0) is 36.8 Å². The van der Waals surface area contributed by atoms with Crippen LogP contribution >= 0.6 is 0 Å². The summed E-state index contributed by atoms with van der Waals surface area (Å²) in [4.78, 5) is 63.5. The van der Waals surface area contributed by atoms with Gasteiger partial charge < -0.3 is 15.3 Å². The molecule has 13 heteroatoms. The third kappa shape index (κ3) is 5.13. The number of anilines is 1. The average molecular weight is 546 g/mol. The Morgan fingerprint density at radius 2 is 1.82 bits per heavy atom. The Morgan fingerprint density at radius 3 is 2.52 bits per heavy atom. The summed E-state index contributed by atoms with van der Waals surface area (Å²) < 4.78 is 15.8. The Hall–Kier alpha value is -5.07. The maximum atomic E-state index is 14.5. The molecular weight excluding hydrogens is 521 g/mol. The maximum absolute atomic E-state index is 14.5. The number of alkyl halides is 1. The van der Waals surface area contributed by atoms with E-state index in [4.69, 9.17) is 0 Å². The van der Waals surface area contributed by atoms with Gasteiger partial charge in [-0.1, -0.05) is 6.07 Å². The number of hydrogen-bond donors (Lipinski definition) is 2. The fourth-order valence-electron chi connectivity index (χ4n) is 4.70. The second kappa shape index (κ2) is 10.6. The molecule has 40 heavy (non-hydrogen) atoms. The van der Waals surface area contributed by atoms with E-state index in [2.05, 4.69) is 25.4 Å². The number of nitrogens with zero attached hydrogens (tertiary/aromatic N) is 6. The molecule has 0 spiro atoms. The van der Waals surface area contributed by atoms with E-state index < -0.39 is 30.0 Å². The quantitative estimate of drug-likeness (QED) is 0.333. The lowest BCUT2D eigenvalue weighted by molar-refractivity contribution is -0.137. The summed E-state index contributed by atoms with van der Waals surface area (Å²) in [6, 6.07) is 6.92. The number of aryl methyl sites for hydroxylation is 1. The van der Waals surface area contributed by atoms with Crippen LogP contribution in [0.2, 0.25) is 0 Å². The number of Topliss-reactive ketones (excluding diaryl/α,β-unsaturated/α-hetero) is 1. The van der Waals surface area contributed by atoms with E-state index in [1.54, 1.807) is 37.5 Å². The number of ketones is 1. The number of rotatable bonds is 7. The second-order valence-corrected chi connectivity index (χ2v) is 9.40. The van der Waals surface area contributed by atoms with Crippen molar-refractivity contribution in [3.63, 3.8) is 0 Å². The number of carboxylic acids is 1. The first-order chi connectivity index (χ1) is 19.1. The van der Waals surface area contributed by atoms with Crippen LogP contribution < -0.4 is 5.32 Å². The third-order valence-corrected chi connectivity index (χ3v) is 6.62. The number of carbonyl (C=O) groups excluding carboxylic acids is 3. The van der Waals surface area contributed by atoms with Crippen molar-refractivity contribution in [2.75, 3.05) is 11.9 Å². The summed E-state index contributed by atoms with van der Waals surface area (Å²) in [7, 11) is 0. The Labute approximate surface area is 226 Å². The van der Waals surface area contributed by atoms with Crippen molar-refractivity contribution < 1.29 is 28.7 Å². The van der Waals surface area contributed by atoms with E-state index >= 15 is 0 Å². The summed E-state index contributed by atoms with van der Waals surface area (Å²) in [5, 5.41) is 16.7. The first-order valence-electron chi connectivity index (χ1n) is 12.4. The SMILES string of the molecule is CC(=O)c1nn(CC(=O)N2C[C@H](F)C[C@H]2C(=O)Nc2cccnc2C(=O)O)c2ccc(-c3cnc(C)nc3)cc12. The Balaban J connectivity index is 1.41. The van der Waals surface area contributed by atoms with Gasteiger partial charge in [0.05, 0.1) is 17.7 Å². The molecule has 12 nitrogen and oxygen atoms in total. The Bertz CT molecular complexity index is 1650. The summed E-state index contributed by atoms with van der Waals surface area (Å²) in [5.74, 6) is -2.35. The minimum absolute atomic E-state index is 0.0614. The molecule has 0 unspecified atom stereocenters. The normalized spacial score (nSPS) is 16.7. The van der Waals surface area contributed by atoms with Crippen molar-refractivity contribution >= 4 is 40.2 Å². The highest BCUT2D eigenvalue weighted by molar-refractivity contribution is 6.06. The van der Waals surface area contributed by atoms with Gasteiger partial charge in [-0.3, -0.25) is 19.1 Å². The average Bonchev–Trinajstić information content (AvgIpc) is 3.50. The zero-order chi connectivity index (χ0) is 28.6. The molecule has 1 fully saturated rings. The van der Waals surface area contributed by atoms with Crippen LogP contribution in [0.1, 0.15) is 40.1 Å². The molecule has 1 aliphatic rings. The number of aromatic carboxylic acids is 1. The summed E-state index contributed by atoms with van der Waals surface area (Å²) in [6.45, 7) is 2.48. The highest BCUT2D eigenvalue weighted by Crippen LogP contribution is 2.28. The molecular formula is C27H24FN7O5. The van der Waals surface area contributed by atoms with E-state index in [0.717, 1.165) is 16.0 Å². The molecule has 1 aliphatic heterocycles. The smallest absolute Gasteiger partial charge is 0.356 e. The molecule has 0 aliphatic carbocycles. The van der Waals surface area contributed by atoms with Crippen LogP contribution in [-0.4, -0.2) is 77.1 Å². The monoisotopic (exact) mass is 545 g/mol. The van der Waals surface area contributed by atoms with E-state index in [1.807, 2.05) is 0 Å². The number of amides is 2. The van der Waals surface area contributed by atoms with E-state index in [0.29, 0.717) is 16.7 Å². The van der Waals surface area contributed by atoms with Crippen molar-refractivity contribution in [2.45, 2.75) is 39.0 Å². The molecule has 4 aromatic rings. The fraction of sp³-hybridized carbons (Fsp3) is 0.259. The number of aromatic nitrogens is 5. The predicted octanol–water partition coefficient (Wildman–Crippen LogP) is 2.68. The van der Waals surface area contributed by atoms with Crippen LogP contribution in [0.25, 0.3) is 22.0 Å².